The van der Waals surface area contributed by atoms with Crippen LogP contribution in [0.2, 0.25) is 0 Å². The van der Waals surface area contributed by atoms with Gasteiger partial charge in [0.05, 0.1) is 0 Å². The van der Waals surface area contributed by atoms with E-state index in [0.29, 0.717) is 12.1 Å². The minimum atomic E-state index is -1.72. The molecule has 0 bridgehead atoms. The molecule has 0 aliphatic heterocycles. The molecule has 1 aromatic carbocycles. The first kappa shape index (κ1) is 15.0. The molecule has 0 saturated heterocycles. The van der Waals surface area contributed by atoms with E-state index < -0.39 is 47.5 Å². The number of carboxylic acid groups (broad SMARTS) is 1. The second-order valence-corrected chi connectivity index (χ2v) is 3.63. The Morgan fingerprint density at radius 3 is 2.16 bits per heavy atom. The fourth-order valence-electron chi connectivity index (χ4n) is 1.31. The fourth-order valence-corrected chi connectivity index (χ4v) is 1.31. The summed E-state index contributed by atoms with van der Waals surface area (Å²) in [5.74, 6) is -7.33. The van der Waals surface area contributed by atoms with E-state index in [-0.39, 0.29) is 6.42 Å². The standard InChI is InChI=1S/C11H10F3NO4/c12-6-3-5(4-7(13)9(6)14)10(17)15-8(1-2-16)11(18)19/h3-4,8,16H,1-2H2,(H,15,17)(H,18,19). The Kier molecular flexibility index (Phi) is 4.87. The molecule has 1 amide bonds. The van der Waals surface area contributed by atoms with E-state index in [1.165, 1.54) is 0 Å². The highest BCUT2D eigenvalue weighted by atomic mass is 19.2. The van der Waals surface area contributed by atoms with E-state index in [2.05, 4.69) is 0 Å². The minimum Gasteiger partial charge on any atom is -0.480 e. The Morgan fingerprint density at radius 2 is 1.74 bits per heavy atom. The van der Waals surface area contributed by atoms with Crippen LogP contribution in [-0.2, 0) is 4.79 Å². The van der Waals surface area contributed by atoms with Gasteiger partial charge in [0.2, 0.25) is 0 Å². The topological polar surface area (TPSA) is 86.6 Å². The Morgan fingerprint density at radius 1 is 1.21 bits per heavy atom. The van der Waals surface area contributed by atoms with Crippen LogP contribution in [0.15, 0.2) is 12.1 Å². The minimum absolute atomic E-state index is 0.271. The zero-order chi connectivity index (χ0) is 14.6. The Labute approximate surface area is 105 Å². The number of hydrogen-bond acceptors (Lipinski definition) is 3. The number of nitrogens with one attached hydrogen (secondary N) is 1. The number of carboxylic acids is 1. The largest absolute Gasteiger partial charge is 0.480 e. The summed E-state index contributed by atoms with van der Waals surface area (Å²) in [5.41, 5.74) is -0.555. The lowest BCUT2D eigenvalue weighted by molar-refractivity contribution is -0.139. The zero-order valence-electron chi connectivity index (χ0n) is 9.49. The normalized spacial score (nSPS) is 12.0. The van der Waals surface area contributed by atoms with Crippen molar-refractivity contribution in [3.05, 3.63) is 35.1 Å². The molecule has 104 valence electrons. The summed E-state index contributed by atoms with van der Waals surface area (Å²) in [7, 11) is 0. The van der Waals surface area contributed by atoms with Crippen LogP contribution >= 0.6 is 0 Å². The molecule has 8 heteroatoms. The lowest BCUT2D eigenvalue weighted by atomic mass is 10.1. The number of rotatable bonds is 5. The van der Waals surface area contributed by atoms with Gasteiger partial charge in [-0.2, -0.15) is 0 Å². The summed E-state index contributed by atoms with van der Waals surface area (Å²) in [6, 6.07) is -0.509. The molecule has 0 aliphatic rings. The quantitative estimate of drug-likeness (QED) is 0.690. The first-order chi connectivity index (χ1) is 8.86. The summed E-state index contributed by atoms with van der Waals surface area (Å²) in [5, 5.41) is 19.3. The molecule has 1 atom stereocenters. The highest BCUT2D eigenvalue weighted by Gasteiger charge is 2.21. The molecule has 19 heavy (non-hydrogen) atoms. The molecule has 0 radical (unpaired) electrons. The van der Waals surface area contributed by atoms with Crippen LogP contribution in [0.4, 0.5) is 13.2 Å². The third-order valence-corrected chi connectivity index (χ3v) is 2.27. The van der Waals surface area contributed by atoms with Crippen molar-refractivity contribution < 1.29 is 33.0 Å². The number of hydrogen-bond donors (Lipinski definition) is 3. The van der Waals surface area contributed by atoms with Gasteiger partial charge >= 0.3 is 5.97 Å². The van der Waals surface area contributed by atoms with Crippen molar-refractivity contribution in [1.82, 2.24) is 5.32 Å². The van der Waals surface area contributed by atoms with Crippen molar-refractivity contribution in [3.63, 3.8) is 0 Å². The van der Waals surface area contributed by atoms with Crippen LogP contribution in [0.1, 0.15) is 16.8 Å². The van der Waals surface area contributed by atoms with E-state index in [1.54, 1.807) is 0 Å². The Bertz CT molecular complexity index is 484. The fraction of sp³-hybridized carbons (Fsp3) is 0.273. The predicted octanol–water partition coefficient (Wildman–Crippen LogP) is 0.669. The predicted molar refractivity (Wildman–Crippen MR) is 56.9 cm³/mol. The van der Waals surface area contributed by atoms with Gasteiger partial charge in [0.25, 0.3) is 5.91 Å². The molecule has 0 aliphatic carbocycles. The molecule has 3 N–H and O–H groups in total. The van der Waals surface area contributed by atoms with Crippen molar-refractivity contribution in [2.24, 2.45) is 0 Å². The molecule has 0 aromatic heterocycles. The maximum Gasteiger partial charge on any atom is 0.326 e. The number of aliphatic hydroxyl groups excluding tert-OH is 1. The molecule has 0 fully saturated rings. The van der Waals surface area contributed by atoms with Crippen LogP contribution in [-0.4, -0.2) is 34.7 Å². The molecule has 0 heterocycles. The van der Waals surface area contributed by atoms with Crippen LogP contribution in [0.5, 0.6) is 0 Å². The molecule has 1 rings (SSSR count). The van der Waals surface area contributed by atoms with Gasteiger partial charge < -0.3 is 15.5 Å². The van der Waals surface area contributed by atoms with Gasteiger partial charge in [0, 0.05) is 18.6 Å². The van der Waals surface area contributed by atoms with Crippen molar-refractivity contribution >= 4 is 11.9 Å². The monoisotopic (exact) mass is 277 g/mol. The first-order valence-corrected chi connectivity index (χ1v) is 5.16. The smallest absolute Gasteiger partial charge is 0.326 e. The maximum absolute atomic E-state index is 12.9. The van der Waals surface area contributed by atoms with Gasteiger partial charge in [-0.05, 0) is 12.1 Å². The number of aliphatic carboxylic acids is 1. The van der Waals surface area contributed by atoms with Crippen LogP contribution in [0.25, 0.3) is 0 Å². The molecule has 0 saturated carbocycles. The number of benzene rings is 1. The van der Waals surface area contributed by atoms with Gasteiger partial charge in [-0.25, -0.2) is 18.0 Å². The van der Waals surface area contributed by atoms with Gasteiger partial charge in [0.1, 0.15) is 6.04 Å². The lowest BCUT2D eigenvalue weighted by Crippen LogP contribution is -2.41. The zero-order valence-corrected chi connectivity index (χ0v) is 9.49. The lowest BCUT2D eigenvalue weighted by Gasteiger charge is -2.13. The third kappa shape index (κ3) is 3.68. The second kappa shape index (κ2) is 6.19. The van der Waals surface area contributed by atoms with E-state index in [1.807, 2.05) is 5.32 Å². The third-order valence-electron chi connectivity index (χ3n) is 2.27. The molecular weight excluding hydrogens is 267 g/mol. The van der Waals surface area contributed by atoms with Gasteiger partial charge in [-0.3, -0.25) is 4.79 Å². The average molecular weight is 277 g/mol. The number of halogens is 3. The summed E-state index contributed by atoms with van der Waals surface area (Å²) >= 11 is 0. The molecule has 1 unspecified atom stereocenters. The Balaban J connectivity index is 2.91. The van der Waals surface area contributed by atoms with Crippen molar-refractivity contribution in [3.8, 4) is 0 Å². The van der Waals surface area contributed by atoms with Crippen LogP contribution in [0, 0.1) is 17.5 Å². The molecular formula is C11H10F3NO4. The highest BCUT2D eigenvalue weighted by molar-refractivity contribution is 5.96. The number of amides is 1. The highest BCUT2D eigenvalue weighted by Crippen LogP contribution is 2.13. The summed E-state index contributed by atoms with van der Waals surface area (Å²) in [4.78, 5) is 22.2. The van der Waals surface area contributed by atoms with Crippen LogP contribution < -0.4 is 5.32 Å². The Hall–Kier alpha value is -2.09. The SMILES string of the molecule is O=C(NC(CCO)C(=O)O)c1cc(F)c(F)c(F)c1. The van der Waals surface area contributed by atoms with E-state index in [4.69, 9.17) is 10.2 Å². The summed E-state index contributed by atoms with van der Waals surface area (Å²) in [6.45, 7) is -0.497. The second-order valence-electron chi connectivity index (χ2n) is 3.63. The molecule has 0 spiro atoms. The molecule has 1 aromatic rings. The number of carbonyl (C=O) groups is 2. The molecule has 5 nitrogen and oxygen atoms in total. The summed E-state index contributed by atoms with van der Waals surface area (Å²) in [6.07, 6.45) is -0.271. The van der Waals surface area contributed by atoms with Gasteiger partial charge in [-0.1, -0.05) is 0 Å². The van der Waals surface area contributed by atoms with Gasteiger partial charge in [0.15, 0.2) is 17.5 Å². The first-order valence-electron chi connectivity index (χ1n) is 5.16. The van der Waals surface area contributed by atoms with E-state index in [9.17, 15) is 22.8 Å². The average Bonchev–Trinajstić information content (AvgIpc) is 2.34. The van der Waals surface area contributed by atoms with Gasteiger partial charge in [-0.15, -0.1) is 0 Å². The van der Waals surface area contributed by atoms with Crippen LogP contribution in [0.3, 0.4) is 0 Å². The number of carbonyl (C=O) groups excluding carboxylic acids is 1. The van der Waals surface area contributed by atoms with Crippen molar-refractivity contribution in [2.45, 2.75) is 12.5 Å². The van der Waals surface area contributed by atoms with Crippen molar-refractivity contribution in [2.75, 3.05) is 6.61 Å². The maximum atomic E-state index is 12.9. The number of aliphatic hydroxyl groups is 1. The van der Waals surface area contributed by atoms with Crippen molar-refractivity contribution in [1.29, 1.82) is 0 Å². The van der Waals surface area contributed by atoms with E-state index >= 15 is 0 Å². The summed E-state index contributed by atoms with van der Waals surface area (Å²) < 4.78 is 38.5. The van der Waals surface area contributed by atoms with E-state index in [0.717, 1.165) is 0 Å².